The fourth-order valence-electron chi connectivity index (χ4n) is 4.41. The summed E-state index contributed by atoms with van der Waals surface area (Å²) >= 11 is 0. The fourth-order valence-corrected chi connectivity index (χ4v) is 4.41. The molecule has 2 nitrogen and oxygen atoms in total. The molecule has 6 rings (SSSR count). The molecule has 0 fully saturated rings. The molecule has 29 heavy (non-hydrogen) atoms. The summed E-state index contributed by atoms with van der Waals surface area (Å²) in [4.78, 5) is 6.59. The van der Waals surface area contributed by atoms with Crippen LogP contribution in [0.4, 0.5) is 5.69 Å². The Labute approximate surface area is 169 Å². The molecule has 1 aromatic heterocycles. The molecule has 2 heterocycles. The molecule has 0 saturated carbocycles. The molecule has 0 amide bonds. The first-order valence-corrected chi connectivity index (χ1v) is 10.0. The number of fused-ring (bicyclic) bond motifs is 4. The van der Waals surface area contributed by atoms with Crippen LogP contribution in [0, 0.1) is 6.92 Å². The van der Waals surface area contributed by atoms with Crippen LogP contribution >= 0.6 is 0 Å². The zero-order chi connectivity index (χ0) is 19.4. The van der Waals surface area contributed by atoms with Crippen LogP contribution in [0.25, 0.3) is 44.6 Å². The highest BCUT2D eigenvalue weighted by atomic mass is 15.1. The van der Waals surface area contributed by atoms with E-state index in [2.05, 4.69) is 95.8 Å². The molecule has 0 bridgehead atoms. The summed E-state index contributed by atoms with van der Waals surface area (Å²) in [5.41, 5.74) is 2.41. The zero-order valence-electron chi connectivity index (χ0n) is 16.3. The van der Waals surface area contributed by atoms with Crippen molar-refractivity contribution >= 4 is 50.3 Å². The third kappa shape index (κ3) is 2.68. The van der Waals surface area contributed by atoms with Gasteiger partial charge in [-0.15, -0.1) is 0 Å². The Morgan fingerprint density at radius 1 is 0.724 bits per heavy atom. The van der Waals surface area contributed by atoms with E-state index in [9.17, 15) is 0 Å². The zero-order valence-corrected chi connectivity index (χ0v) is 16.3. The second-order valence-corrected chi connectivity index (χ2v) is 7.87. The molecule has 0 N–H and O–H groups in total. The number of nitrogens with zero attached hydrogens (tertiary/aromatic N) is 2. The van der Waals surface area contributed by atoms with Gasteiger partial charge in [0.25, 0.3) is 0 Å². The van der Waals surface area contributed by atoms with Crippen LogP contribution in [0.2, 0.25) is 0 Å². The number of aryl methyl sites for hydroxylation is 1. The molecule has 138 valence electrons. The van der Waals surface area contributed by atoms with Gasteiger partial charge in [0.05, 0.1) is 11.9 Å². The predicted molar refractivity (Wildman–Crippen MR) is 123 cm³/mol. The highest BCUT2D eigenvalue weighted by Crippen LogP contribution is 2.27. The Kier molecular flexibility index (Phi) is 3.48. The summed E-state index contributed by atoms with van der Waals surface area (Å²) in [5.74, 6) is 0. The number of hydrogen-bond donors (Lipinski definition) is 0. The van der Waals surface area contributed by atoms with Crippen molar-refractivity contribution in [2.75, 3.05) is 11.4 Å². The van der Waals surface area contributed by atoms with Crippen LogP contribution in [0.3, 0.4) is 0 Å². The molecule has 0 radical (unpaired) electrons. The van der Waals surface area contributed by atoms with E-state index < -0.39 is 0 Å². The molecule has 1 aliphatic rings. The summed E-state index contributed by atoms with van der Waals surface area (Å²) in [6, 6.07) is 24.5. The van der Waals surface area contributed by atoms with Crippen molar-refractivity contribution in [1.82, 2.24) is 4.98 Å². The fraction of sp³-hybridized carbons (Fsp3) is 0.0741. The Morgan fingerprint density at radius 2 is 1.34 bits per heavy atom. The quantitative estimate of drug-likeness (QED) is 0.390. The second kappa shape index (κ2) is 6.18. The average Bonchev–Trinajstić information content (AvgIpc) is 2.75. The van der Waals surface area contributed by atoms with E-state index in [1.165, 1.54) is 54.0 Å². The van der Waals surface area contributed by atoms with Gasteiger partial charge in [-0.05, 0) is 97.7 Å². The lowest BCUT2D eigenvalue weighted by Gasteiger charge is -2.23. The molecular weight excluding hydrogens is 352 g/mol. The normalized spacial score (nSPS) is 13.3. The van der Waals surface area contributed by atoms with Gasteiger partial charge in [0.15, 0.2) is 0 Å². The van der Waals surface area contributed by atoms with E-state index in [4.69, 9.17) is 0 Å². The smallest absolute Gasteiger partial charge is 0.0625 e. The summed E-state index contributed by atoms with van der Waals surface area (Å²) in [6.07, 6.45) is 8.36. The Bertz CT molecular complexity index is 1550. The van der Waals surface area contributed by atoms with Gasteiger partial charge in [-0.1, -0.05) is 30.3 Å². The van der Waals surface area contributed by atoms with Crippen molar-refractivity contribution in [1.29, 1.82) is 0 Å². The van der Waals surface area contributed by atoms with Gasteiger partial charge in [-0.3, -0.25) is 4.98 Å². The van der Waals surface area contributed by atoms with Crippen molar-refractivity contribution in [3.05, 3.63) is 95.1 Å². The van der Waals surface area contributed by atoms with Crippen molar-refractivity contribution < 1.29 is 0 Å². The molecule has 0 saturated heterocycles. The van der Waals surface area contributed by atoms with Crippen LogP contribution in [-0.2, 0) is 0 Å². The highest BCUT2D eigenvalue weighted by molar-refractivity contribution is 6.04. The average molecular weight is 372 g/mol. The molecule has 0 aliphatic carbocycles. The number of hydrogen-bond acceptors (Lipinski definition) is 2. The van der Waals surface area contributed by atoms with E-state index in [-0.39, 0.29) is 0 Å². The first-order valence-electron chi connectivity index (χ1n) is 10.0. The minimum absolute atomic E-state index is 0.864. The summed E-state index contributed by atoms with van der Waals surface area (Å²) in [6.45, 7) is 3.00. The van der Waals surface area contributed by atoms with Crippen molar-refractivity contribution in [3.63, 3.8) is 0 Å². The standard InChI is InChI=1S/C27H20N2/c1-18-6-8-28-16-27(18)29-9-7-21-12-24-13-22-10-19-4-2-3-5-20(19)11-23(22)14-25(24)15-26(21)17-29/h2-8,10-17H,9H2,1H3. The van der Waals surface area contributed by atoms with E-state index in [1.807, 2.05) is 12.4 Å². The molecule has 0 spiro atoms. The Morgan fingerprint density at radius 3 is 2.03 bits per heavy atom. The van der Waals surface area contributed by atoms with Gasteiger partial charge >= 0.3 is 0 Å². The molecule has 2 heteroatoms. The summed E-state index contributed by atoms with van der Waals surface area (Å²) in [7, 11) is 0. The predicted octanol–water partition coefficient (Wildman–Crippen LogP) is 4.89. The van der Waals surface area contributed by atoms with Gasteiger partial charge < -0.3 is 4.90 Å². The Hall–Kier alpha value is -3.65. The van der Waals surface area contributed by atoms with Crippen LogP contribution in [0.5, 0.6) is 0 Å². The minimum atomic E-state index is 0.864. The topological polar surface area (TPSA) is 16.1 Å². The van der Waals surface area contributed by atoms with Crippen molar-refractivity contribution in [3.8, 4) is 0 Å². The monoisotopic (exact) mass is 372 g/mol. The SMILES string of the molecule is Cc1ccncc1N1C=c2cc3cc4cc5ccccc5cc4cc3cc2=CC1. The third-order valence-corrected chi connectivity index (χ3v) is 5.99. The number of pyridine rings is 1. The minimum Gasteiger partial charge on any atom is -0.342 e. The first-order chi connectivity index (χ1) is 14.2. The van der Waals surface area contributed by atoms with Crippen LogP contribution in [-0.4, -0.2) is 11.5 Å². The number of anilines is 1. The third-order valence-electron chi connectivity index (χ3n) is 5.99. The number of rotatable bonds is 1. The Balaban J connectivity index is 1.57. The summed E-state index contributed by atoms with van der Waals surface area (Å²) < 4.78 is 0. The van der Waals surface area contributed by atoms with Crippen molar-refractivity contribution in [2.24, 2.45) is 0 Å². The lowest BCUT2D eigenvalue weighted by molar-refractivity contribution is 1.11. The van der Waals surface area contributed by atoms with Crippen LogP contribution in [0.15, 0.2) is 79.1 Å². The maximum atomic E-state index is 4.31. The van der Waals surface area contributed by atoms with Crippen LogP contribution in [0.1, 0.15) is 5.56 Å². The second-order valence-electron chi connectivity index (χ2n) is 7.87. The van der Waals surface area contributed by atoms with Gasteiger partial charge in [0.1, 0.15) is 0 Å². The van der Waals surface area contributed by atoms with E-state index in [0.717, 1.165) is 6.54 Å². The lowest BCUT2D eigenvalue weighted by Crippen LogP contribution is -2.35. The highest BCUT2D eigenvalue weighted by Gasteiger charge is 2.09. The van der Waals surface area contributed by atoms with Crippen LogP contribution < -0.4 is 15.3 Å². The number of aromatic nitrogens is 1. The maximum absolute atomic E-state index is 4.31. The van der Waals surface area contributed by atoms with Gasteiger partial charge in [0.2, 0.25) is 0 Å². The first kappa shape index (κ1) is 16.3. The van der Waals surface area contributed by atoms with Gasteiger partial charge in [-0.25, -0.2) is 0 Å². The van der Waals surface area contributed by atoms with E-state index in [1.54, 1.807) is 0 Å². The molecular formula is C27H20N2. The van der Waals surface area contributed by atoms with Crippen molar-refractivity contribution in [2.45, 2.75) is 6.92 Å². The van der Waals surface area contributed by atoms with E-state index in [0.29, 0.717) is 0 Å². The molecule has 4 aromatic carbocycles. The number of benzene rings is 4. The van der Waals surface area contributed by atoms with E-state index >= 15 is 0 Å². The maximum Gasteiger partial charge on any atom is 0.0625 e. The largest absolute Gasteiger partial charge is 0.342 e. The van der Waals surface area contributed by atoms with Gasteiger partial charge in [-0.2, -0.15) is 0 Å². The lowest BCUT2D eigenvalue weighted by atomic mass is 9.98. The summed E-state index contributed by atoms with van der Waals surface area (Å²) in [5, 5.41) is 10.3. The molecule has 0 atom stereocenters. The molecule has 5 aromatic rings. The molecule has 0 unspecified atom stereocenters. The van der Waals surface area contributed by atoms with Gasteiger partial charge in [0, 0.05) is 18.9 Å². The molecule has 1 aliphatic heterocycles.